The SMILES string of the molecule is CCC1CCCCN1c1ccc(/C(N)=N/O)cn1. The van der Waals surface area contributed by atoms with Gasteiger partial charge in [-0.05, 0) is 37.8 Å². The highest BCUT2D eigenvalue weighted by Crippen LogP contribution is 2.24. The fourth-order valence-electron chi connectivity index (χ4n) is 2.49. The first-order valence-corrected chi connectivity index (χ1v) is 6.47. The van der Waals surface area contributed by atoms with Gasteiger partial charge in [0.15, 0.2) is 5.84 Å². The standard InChI is InChI=1S/C13H20N4O/c1-2-11-5-3-4-8-17(11)12-7-6-10(9-15-12)13(14)16-18/h6-7,9,11,18H,2-5,8H2,1H3,(H2,14,16). The molecular weight excluding hydrogens is 228 g/mol. The lowest BCUT2D eigenvalue weighted by molar-refractivity contribution is 0.318. The van der Waals surface area contributed by atoms with Crippen molar-refractivity contribution in [2.45, 2.75) is 38.6 Å². The van der Waals surface area contributed by atoms with E-state index >= 15 is 0 Å². The molecule has 0 aliphatic carbocycles. The second kappa shape index (κ2) is 5.71. The summed E-state index contributed by atoms with van der Waals surface area (Å²) in [6.45, 7) is 3.28. The lowest BCUT2D eigenvalue weighted by atomic mass is 10.00. The first-order valence-electron chi connectivity index (χ1n) is 6.47. The molecule has 1 fully saturated rings. The van der Waals surface area contributed by atoms with Gasteiger partial charge in [0.1, 0.15) is 5.82 Å². The highest BCUT2D eigenvalue weighted by atomic mass is 16.4. The van der Waals surface area contributed by atoms with E-state index in [1.54, 1.807) is 6.20 Å². The van der Waals surface area contributed by atoms with Crippen LogP contribution in [0.25, 0.3) is 0 Å². The van der Waals surface area contributed by atoms with Crippen molar-refractivity contribution in [1.29, 1.82) is 0 Å². The average Bonchev–Trinajstić information content (AvgIpc) is 2.46. The quantitative estimate of drug-likeness (QED) is 0.371. The van der Waals surface area contributed by atoms with Gasteiger partial charge >= 0.3 is 0 Å². The van der Waals surface area contributed by atoms with Crippen LogP contribution in [-0.2, 0) is 0 Å². The van der Waals surface area contributed by atoms with Crippen molar-refractivity contribution < 1.29 is 5.21 Å². The maximum Gasteiger partial charge on any atom is 0.171 e. The van der Waals surface area contributed by atoms with Crippen LogP contribution < -0.4 is 10.6 Å². The third-order valence-electron chi connectivity index (χ3n) is 3.54. The molecule has 0 radical (unpaired) electrons. The van der Waals surface area contributed by atoms with Gasteiger partial charge in [-0.1, -0.05) is 12.1 Å². The summed E-state index contributed by atoms with van der Waals surface area (Å²) in [6.07, 6.45) is 6.56. The van der Waals surface area contributed by atoms with Gasteiger partial charge in [0, 0.05) is 24.3 Å². The summed E-state index contributed by atoms with van der Waals surface area (Å²) < 4.78 is 0. The summed E-state index contributed by atoms with van der Waals surface area (Å²) in [5, 5.41) is 11.6. The fourth-order valence-corrected chi connectivity index (χ4v) is 2.49. The number of aromatic nitrogens is 1. The van der Waals surface area contributed by atoms with Crippen molar-refractivity contribution in [1.82, 2.24) is 4.98 Å². The molecular formula is C13H20N4O. The Morgan fingerprint density at radius 1 is 1.56 bits per heavy atom. The molecule has 0 aromatic carbocycles. The highest BCUT2D eigenvalue weighted by molar-refractivity contribution is 5.96. The third-order valence-corrected chi connectivity index (χ3v) is 3.54. The molecule has 5 nitrogen and oxygen atoms in total. The largest absolute Gasteiger partial charge is 0.409 e. The summed E-state index contributed by atoms with van der Waals surface area (Å²) in [6, 6.07) is 4.38. The number of piperidine rings is 1. The van der Waals surface area contributed by atoms with E-state index in [0.29, 0.717) is 11.6 Å². The molecule has 2 rings (SSSR count). The molecule has 1 atom stereocenters. The molecule has 1 saturated heterocycles. The van der Waals surface area contributed by atoms with Gasteiger partial charge in [-0.3, -0.25) is 0 Å². The first-order chi connectivity index (χ1) is 8.76. The van der Waals surface area contributed by atoms with E-state index in [1.165, 1.54) is 19.3 Å². The van der Waals surface area contributed by atoms with Crippen molar-refractivity contribution in [3.05, 3.63) is 23.9 Å². The molecule has 1 aliphatic rings. The molecule has 0 saturated carbocycles. The molecule has 0 amide bonds. The maximum absolute atomic E-state index is 8.61. The molecule has 0 bridgehead atoms. The van der Waals surface area contributed by atoms with Gasteiger partial charge in [-0.25, -0.2) is 4.98 Å². The molecule has 0 spiro atoms. The van der Waals surface area contributed by atoms with Crippen LogP contribution in [0.4, 0.5) is 5.82 Å². The zero-order valence-corrected chi connectivity index (χ0v) is 10.7. The molecule has 3 N–H and O–H groups in total. The number of anilines is 1. The Kier molecular flexibility index (Phi) is 4.02. The number of hydrogen-bond acceptors (Lipinski definition) is 4. The molecule has 1 aromatic rings. The summed E-state index contributed by atoms with van der Waals surface area (Å²) in [5.41, 5.74) is 6.17. The van der Waals surface area contributed by atoms with Crippen LogP contribution in [0, 0.1) is 0 Å². The smallest absolute Gasteiger partial charge is 0.171 e. The number of hydrogen-bond donors (Lipinski definition) is 2. The summed E-state index contributed by atoms with van der Waals surface area (Å²) in [5.74, 6) is 1.08. The number of rotatable bonds is 3. The Labute approximate surface area is 107 Å². The minimum absolute atomic E-state index is 0.0970. The molecule has 98 valence electrons. The summed E-state index contributed by atoms with van der Waals surface area (Å²) in [4.78, 5) is 6.78. The predicted molar refractivity (Wildman–Crippen MR) is 72.0 cm³/mol. The van der Waals surface area contributed by atoms with E-state index in [4.69, 9.17) is 10.9 Å². The second-order valence-electron chi connectivity index (χ2n) is 4.64. The van der Waals surface area contributed by atoms with E-state index in [9.17, 15) is 0 Å². The zero-order valence-electron chi connectivity index (χ0n) is 10.7. The minimum atomic E-state index is 0.0970. The van der Waals surface area contributed by atoms with E-state index < -0.39 is 0 Å². The zero-order chi connectivity index (χ0) is 13.0. The van der Waals surface area contributed by atoms with Crippen LogP contribution in [0.1, 0.15) is 38.2 Å². The molecule has 1 unspecified atom stereocenters. The molecule has 18 heavy (non-hydrogen) atoms. The Balaban J connectivity index is 2.17. The minimum Gasteiger partial charge on any atom is -0.409 e. The summed E-state index contributed by atoms with van der Waals surface area (Å²) in [7, 11) is 0. The molecule has 5 heteroatoms. The van der Waals surface area contributed by atoms with Crippen LogP contribution in [-0.4, -0.2) is 28.6 Å². The van der Waals surface area contributed by atoms with Gasteiger partial charge in [-0.15, -0.1) is 0 Å². The van der Waals surface area contributed by atoms with Crippen molar-refractivity contribution in [2.75, 3.05) is 11.4 Å². The average molecular weight is 248 g/mol. The van der Waals surface area contributed by atoms with E-state index in [-0.39, 0.29) is 5.84 Å². The van der Waals surface area contributed by atoms with Gasteiger partial charge < -0.3 is 15.8 Å². The Bertz CT molecular complexity index is 416. The van der Waals surface area contributed by atoms with Gasteiger partial charge in [0.05, 0.1) is 0 Å². The normalized spacial score (nSPS) is 21.1. The van der Waals surface area contributed by atoms with E-state index in [2.05, 4.69) is 22.0 Å². The number of nitrogens with two attached hydrogens (primary N) is 1. The van der Waals surface area contributed by atoms with Crippen LogP contribution in [0.15, 0.2) is 23.5 Å². The van der Waals surface area contributed by atoms with Gasteiger partial charge in [0.2, 0.25) is 0 Å². The number of pyridine rings is 1. The van der Waals surface area contributed by atoms with Gasteiger partial charge in [0.25, 0.3) is 0 Å². The Hall–Kier alpha value is -1.78. The van der Waals surface area contributed by atoms with Crippen LogP contribution >= 0.6 is 0 Å². The molecule has 2 heterocycles. The Morgan fingerprint density at radius 2 is 2.39 bits per heavy atom. The second-order valence-corrected chi connectivity index (χ2v) is 4.64. The third kappa shape index (κ3) is 2.55. The predicted octanol–water partition coefficient (Wildman–Crippen LogP) is 1.95. The fraction of sp³-hybridized carbons (Fsp3) is 0.538. The maximum atomic E-state index is 8.61. The topological polar surface area (TPSA) is 74.7 Å². The molecule has 1 aromatic heterocycles. The van der Waals surface area contributed by atoms with Crippen LogP contribution in [0.5, 0.6) is 0 Å². The van der Waals surface area contributed by atoms with Crippen molar-refractivity contribution in [3.8, 4) is 0 Å². The van der Waals surface area contributed by atoms with Crippen LogP contribution in [0.2, 0.25) is 0 Å². The monoisotopic (exact) mass is 248 g/mol. The first kappa shape index (κ1) is 12.7. The van der Waals surface area contributed by atoms with Crippen molar-refractivity contribution in [2.24, 2.45) is 10.9 Å². The Morgan fingerprint density at radius 3 is 3.00 bits per heavy atom. The lowest BCUT2D eigenvalue weighted by Crippen LogP contribution is -2.39. The number of amidine groups is 1. The number of oxime groups is 1. The molecule has 1 aliphatic heterocycles. The van der Waals surface area contributed by atoms with E-state index in [0.717, 1.165) is 18.8 Å². The van der Waals surface area contributed by atoms with Crippen molar-refractivity contribution >= 4 is 11.7 Å². The lowest BCUT2D eigenvalue weighted by Gasteiger charge is -2.36. The van der Waals surface area contributed by atoms with Crippen LogP contribution in [0.3, 0.4) is 0 Å². The van der Waals surface area contributed by atoms with Crippen molar-refractivity contribution in [3.63, 3.8) is 0 Å². The van der Waals surface area contributed by atoms with E-state index in [1.807, 2.05) is 12.1 Å². The highest BCUT2D eigenvalue weighted by Gasteiger charge is 2.21. The van der Waals surface area contributed by atoms with Gasteiger partial charge in [-0.2, -0.15) is 0 Å². The summed E-state index contributed by atoms with van der Waals surface area (Å²) >= 11 is 0. The number of nitrogens with zero attached hydrogens (tertiary/aromatic N) is 3.